The van der Waals surface area contributed by atoms with E-state index in [1.165, 1.54) is 16.3 Å². The van der Waals surface area contributed by atoms with E-state index in [0.717, 1.165) is 12.0 Å². The molecule has 5 heteroatoms. The largest absolute Gasteiger partial charge is 0.459 e. The Kier molecular flexibility index (Phi) is 6.68. The number of hydrogen-bond donors (Lipinski definition) is 0. The summed E-state index contributed by atoms with van der Waals surface area (Å²) in [5.41, 5.74) is 1.48. The highest BCUT2D eigenvalue weighted by molar-refractivity contribution is 5.83. The molecule has 172 valence electrons. The molecule has 5 nitrogen and oxygen atoms in total. The van der Waals surface area contributed by atoms with Crippen LogP contribution in [0.15, 0.2) is 72.8 Å². The molecule has 1 aliphatic heterocycles. The number of benzene rings is 3. The third-order valence-corrected chi connectivity index (χ3v) is 5.85. The summed E-state index contributed by atoms with van der Waals surface area (Å²) in [5.74, 6) is -0.237. The first kappa shape index (κ1) is 22.8. The van der Waals surface area contributed by atoms with Gasteiger partial charge < -0.3 is 9.47 Å². The number of hydrogen-bond acceptors (Lipinski definition) is 4. The van der Waals surface area contributed by atoms with Crippen molar-refractivity contribution in [2.24, 2.45) is 5.92 Å². The van der Waals surface area contributed by atoms with Crippen LogP contribution in [0.1, 0.15) is 38.3 Å². The second-order valence-electron chi connectivity index (χ2n) is 9.73. The normalized spacial score (nSPS) is 18.3. The Morgan fingerprint density at radius 3 is 2.33 bits per heavy atom. The average molecular weight is 446 g/mol. The predicted molar refractivity (Wildman–Crippen MR) is 129 cm³/mol. The Labute approximate surface area is 195 Å². The maximum atomic E-state index is 13.0. The molecular weight excluding hydrogens is 414 g/mol. The summed E-state index contributed by atoms with van der Waals surface area (Å²) >= 11 is 0. The van der Waals surface area contributed by atoms with Crippen LogP contribution in [0.5, 0.6) is 0 Å². The van der Waals surface area contributed by atoms with Gasteiger partial charge in [-0.2, -0.15) is 0 Å². The van der Waals surface area contributed by atoms with E-state index in [4.69, 9.17) is 9.47 Å². The van der Waals surface area contributed by atoms with Gasteiger partial charge in [-0.15, -0.1) is 0 Å². The molecule has 0 spiro atoms. The highest BCUT2D eigenvalue weighted by Gasteiger charge is 2.42. The number of fused-ring (bicyclic) bond motifs is 1. The zero-order valence-corrected chi connectivity index (χ0v) is 19.5. The van der Waals surface area contributed by atoms with E-state index < -0.39 is 17.7 Å². The first-order valence-electron chi connectivity index (χ1n) is 11.5. The van der Waals surface area contributed by atoms with Gasteiger partial charge in [-0.1, -0.05) is 72.8 Å². The lowest BCUT2D eigenvalue weighted by molar-refractivity contribution is -0.150. The summed E-state index contributed by atoms with van der Waals surface area (Å²) in [6.07, 6.45) is 0.872. The van der Waals surface area contributed by atoms with Gasteiger partial charge in [0.15, 0.2) is 0 Å². The van der Waals surface area contributed by atoms with E-state index in [-0.39, 0.29) is 18.5 Å². The van der Waals surface area contributed by atoms with Crippen molar-refractivity contribution in [3.8, 4) is 0 Å². The number of amides is 1. The van der Waals surface area contributed by atoms with Crippen LogP contribution in [0, 0.1) is 5.92 Å². The van der Waals surface area contributed by atoms with Gasteiger partial charge in [0.05, 0.1) is 0 Å². The number of likely N-dealkylation sites (tertiary alicyclic amines) is 1. The van der Waals surface area contributed by atoms with Gasteiger partial charge in [0.25, 0.3) is 0 Å². The Balaban J connectivity index is 1.48. The molecule has 1 aliphatic rings. The molecule has 2 atom stereocenters. The second kappa shape index (κ2) is 9.65. The van der Waals surface area contributed by atoms with Crippen molar-refractivity contribution in [1.82, 2.24) is 4.90 Å². The van der Waals surface area contributed by atoms with Gasteiger partial charge in [0.2, 0.25) is 0 Å². The van der Waals surface area contributed by atoms with Crippen molar-refractivity contribution in [3.05, 3.63) is 83.9 Å². The number of carbonyl (C=O) groups is 2. The average Bonchev–Trinajstić information content (AvgIpc) is 3.21. The minimum absolute atomic E-state index is 0.146. The summed E-state index contributed by atoms with van der Waals surface area (Å²) < 4.78 is 11.2. The lowest BCUT2D eigenvalue weighted by Crippen LogP contribution is -2.44. The lowest BCUT2D eigenvalue weighted by Gasteiger charge is -2.27. The van der Waals surface area contributed by atoms with Crippen LogP contribution in [0.2, 0.25) is 0 Å². The highest BCUT2D eigenvalue weighted by atomic mass is 16.6. The highest BCUT2D eigenvalue weighted by Crippen LogP contribution is 2.30. The van der Waals surface area contributed by atoms with Crippen LogP contribution in [0.4, 0.5) is 4.79 Å². The quantitative estimate of drug-likeness (QED) is 0.469. The Morgan fingerprint density at radius 1 is 0.909 bits per heavy atom. The number of esters is 1. The van der Waals surface area contributed by atoms with Gasteiger partial charge >= 0.3 is 12.1 Å². The number of nitrogens with zero attached hydrogens (tertiary/aromatic N) is 1. The van der Waals surface area contributed by atoms with Gasteiger partial charge in [-0.3, -0.25) is 4.90 Å². The van der Waals surface area contributed by atoms with Crippen molar-refractivity contribution in [2.75, 3.05) is 6.54 Å². The molecule has 0 N–H and O–H groups in total. The second-order valence-corrected chi connectivity index (χ2v) is 9.73. The summed E-state index contributed by atoms with van der Waals surface area (Å²) in [4.78, 5) is 27.5. The van der Waals surface area contributed by atoms with E-state index in [0.29, 0.717) is 13.0 Å². The van der Waals surface area contributed by atoms with E-state index in [1.807, 2.05) is 63.2 Å². The van der Waals surface area contributed by atoms with Crippen LogP contribution < -0.4 is 0 Å². The van der Waals surface area contributed by atoms with Crippen molar-refractivity contribution < 1.29 is 19.1 Å². The fourth-order valence-corrected chi connectivity index (χ4v) is 4.34. The van der Waals surface area contributed by atoms with E-state index in [9.17, 15) is 9.59 Å². The van der Waals surface area contributed by atoms with E-state index >= 15 is 0 Å². The third-order valence-electron chi connectivity index (χ3n) is 5.85. The zero-order valence-electron chi connectivity index (χ0n) is 19.5. The van der Waals surface area contributed by atoms with Gasteiger partial charge in [-0.25, -0.2) is 9.59 Å². The van der Waals surface area contributed by atoms with Crippen LogP contribution >= 0.6 is 0 Å². The fraction of sp³-hybridized carbons (Fsp3) is 0.357. The fourth-order valence-electron chi connectivity index (χ4n) is 4.34. The molecular formula is C28H31NO4. The van der Waals surface area contributed by atoms with Crippen molar-refractivity contribution in [1.29, 1.82) is 0 Å². The molecule has 3 aromatic rings. The van der Waals surface area contributed by atoms with Gasteiger partial charge in [0, 0.05) is 6.54 Å². The molecule has 4 rings (SSSR count). The number of ether oxygens (including phenoxy) is 2. The molecule has 0 unspecified atom stereocenters. The van der Waals surface area contributed by atoms with Crippen LogP contribution in [-0.2, 0) is 27.3 Å². The van der Waals surface area contributed by atoms with Crippen molar-refractivity contribution in [2.45, 2.75) is 51.9 Å². The standard InChI is InChI=1S/C28H31NO4/c1-28(2,3)33-27(31)29-18-22(15-21-13-14-23-11-7-8-12-24(23)16-21)17-25(29)26(30)32-19-20-9-5-4-6-10-20/h4-14,16,22,25H,15,17-19H2,1-3H3/t22-,25+/m0/s1. The SMILES string of the molecule is CC(C)(C)OC(=O)N1C[C@@H](Cc2ccc3ccccc3c2)C[C@@H]1C(=O)OCc1ccccc1. The Hall–Kier alpha value is -3.34. The predicted octanol–water partition coefficient (Wildman–Crippen LogP) is 5.75. The van der Waals surface area contributed by atoms with Crippen LogP contribution in [0.3, 0.4) is 0 Å². The topological polar surface area (TPSA) is 55.8 Å². The van der Waals surface area contributed by atoms with Crippen molar-refractivity contribution >= 4 is 22.8 Å². The summed E-state index contributed by atoms with van der Waals surface area (Å²) in [7, 11) is 0. The molecule has 0 bridgehead atoms. The first-order valence-corrected chi connectivity index (χ1v) is 11.5. The number of carbonyl (C=O) groups excluding carboxylic acids is 2. The van der Waals surface area contributed by atoms with Gasteiger partial charge in [0.1, 0.15) is 18.2 Å². The van der Waals surface area contributed by atoms with Gasteiger partial charge in [-0.05, 0) is 61.4 Å². The van der Waals surface area contributed by atoms with E-state index in [2.05, 4.69) is 30.3 Å². The molecule has 33 heavy (non-hydrogen) atoms. The molecule has 0 aliphatic carbocycles. The maximum Gasteiger partial charge on any atom is 0.411 e. The smallest absolute Gasteiger partial charge is 0.411 e. The lowest BCUT2D eigenvalue weighted by atomic mass is 9.95. The Morgan fingerprint density at radius 2 is 1.61 bits per heavy atom. The van der Waals surface area contributed by atoms with Crippen molar-refractivity contribution in [3.63, 3.8) is 0 Å². The molecule has 3 aromatic carbocycles. The van der Waals surface area contributed by atoms with Crippen LogP contribution in [0.25, 0.3) is 10.8 Å². The summed E-state index contributed by atoms with van der Waals surface area (Å²) in [6, 6.07) is 23.6. The third kappa shape index (κ3) is 5.92. The first-order chi connectivity index (χ1) is 15.8. The molecule has 0 radical (unpaired) electrons. The minimum atomic E-state index is -0.644. The van der Waals surface area contributed by atoms with E-state index in [1.54, 1.807) is 4.90 Å². The molecule has 1 fully saturated rings. The molecule has 1 amide bonds. The molecule has 0 aromatic heterocycles. The monoisotopic (exact) mass is 445 g/mol. The molecule has 0 saturated carbocycles. The Bertz CT molecular complexity index is 1120. The maximum absolute atomic E-state index is 13.0. The number of rotatable bonds is 5. The molecule has 1 saturated heterocycles. The minimum Gasteiger partial charge on any atom is -0.459 e. The van der Waals surface area contributed by atoms with Crippen LogP contribution in [-0.4, -0.2) is 35.2 Å². The summed E-state index contributed by atoms with van der Waals surface area (Å²) in [6.45, 7) is 6.14. The summed E-state index contributed by atoms with van der Waals surface area (Å²) in [5, 5.41) is 2.39. The zero-order chi connectivity index (χ0) is 23.4. The molecule has 1 heterocycles.